The van der Waals surface area contributed by atoms with Crippen LogP contribution in [-0.2, 0) is 11.4 Å². The average molecular weight is 326 g/mol. The Morgan fingerprint density at radius 3 is 2.75 bits per heavy atom. The van der Waals surface area contributed by atoms with Crippen molar-refractivity contribution in [2.45, 2.75) is 26.5 Å². The number of fused-ring (bicyclic) bond motifs is 1. The molecule has 0 aliphatic carbocycles. The van der Waals surface area contributed by atoms with Crippen molar-refractivity contribution in [3.63, 3.8) is 0 Å². The standard InChI is InChI=1S/C18H18N2O4/c1-11(19-12(2)21)18-20-16-8-7-15(9-17(16)24-18)23-10-13-3-5-14(22)6-4-13/h3-9,11,22H,10H2,1-2H3,(H,19,21). The summed E-state index contributed by atoms with van der Waals surface area (Å²) < 4.78 is 11.4. The molecule has 6 heteroatoms. The quantitative estimate of drug-likeness (QED) is 0.751. The Morgan fingerprint density at radius 2 is 2.04 bits per heavy atom. The Morgan fingerprint density at radius 1 is 1.29 bits per heavy atom. The minimum Gasteiger partial charge on any atom is -0.508 e. The number of nitrogens with zero attached hydrogens (tertiary/aromatic N) is 1. The van der Waals surface area contributed by atoms with Gasteiger partial charge in [-0.3, -0.25) is 4.79 Å². The molecule has 1 atom stereocenters. The van der Waals surface area contributed by atoms with E-state index in [0.717, 1.165) is 5.56 Å². The Hall–Kier alpha value is -3.02. The molecule has 0 bridgehead atoms. The lowest BCUT2D eigenvalue weighted by Gasteiger charge is -2.06. The first kappa shape index (κ1) is 15.9. The summed E-state index contributed by atoms with van der Waals surface area (Å²) in [5, 5.41) is 12.0. The van der Waals surface area contributed by atoms with Crippen molar-refractivity contribution in [3.8, 4) is 11.5 Å². The first-order chi connectivity index (χ1) is 11.5. The van der Waals surface area contributed by atoms with E-state index >= 15 is 0 Å². The molecule has 3 rings (SSSR count). The lowest BCUT2D eigenvalue weighted by Crippen LogP contribution is -2.23. The van der Waals surface area contributed by atoms with Crippen molar-refractivity contribution in [2.24, 2.45) is 0 Å². The van der Waals surface area contributed by atoms with Gasteiger partial charge >= 0.3 is 0 Å². The normalized spacial score (nSPS) is 12.1. The Labute approximate surface area is 139 Å². The van der Waals surface area contributed by atoms with E-state index in [1.54, 1.807) is 30.3 Å². The second-order valence-corrected chi connectivity index (χ2v) is 5.56. The monoisotopic (exact) mass is 326 g/mol. The number of phenols is 1. The molecule has 2 N–H and O–H groups in total. The van der Waals surface area contributed by atoms with E-state index in [2.05, 4.69) is 10.3 Å². The molecule has 0 fully saturated rings. The molecule has 0 saturated carbocycles. The molecule has 6 nitrogen and oxygen atoms in total. The highest BCUT2D eigenvalue weighted by Gasteiger charge is 2.14. The van der Waals surface area contributed by atoms with Crippen LogP contribution >= 0.6 is 0 Å². The topological polar surface area (TPSA) is 84.6 Å². The van der Waals surface area contributed by atoms with Gasteiger partial charge in [-0.1, -0.05) is 12.1 Å². The number of phenolic OH excluding ortho intramolecular Hbond substituents is 1. The molecule has 0 aliphatic heterocycles. The maximum atomic E-state index is 11.1. The molecule has 1 unspecified atom stereocenters. The van der Waals surface area contributed by atoms with Gasteiger partial charge in [-0.25, -0.2) is 4.98 Å². The Kier molecular flexibility index (Phi) is 4.37. The van der Waals surface area contributed by atoms with Crippen molar-refractivity contribution in [1.29, 1.82) is 0 Å². The molecular weight excluding hydrogens is 308 g/mol. The second kappa shape index (κ2) is 6.62. The van der Waals surface area contributed by atoms with E-state index in [9.17, 15) is 9.90 Å². The minimum absolute atomic E-state index is 0.136. The summed E-state index contributed by atoms with van der Waals surface area (Å²) in [4.78, 5) is 15.5. The number of benzene rings is 2. The van der Waals surface area contributed by atoms with E-state index in [0.29, 0.717) is 29.3 Å². The number of carbonyl (C=O) groups is 1. The number of aromatic nitrogens is 1. The SMILES string of the molecule is CC(=O)NC(C)c1nc2ccc(OCc3ccc(O)cc3)cc2o1. The third kappa shape index (κ3) is 3.65. The second-order valence-electron chi connectivity index (χ2n) is 5.56. The number of ether oxygens (including phenoxy) is 1. The van der Waals surface area contributed by atoms with E-state index in [-0.39, 0.29) is 17.7 Å². The number of carbonyl (C=O) groups excluding carboxylic acids is 1. The largest absolute Gasteiger partial charge is 0.508 e. The number of oxazole rings is 1. The van der Waals surface area contributed by atoms with Crippen LogP contribution in [0.1, 0.15) is 31.3 Å². The third-order valence-corrected chi connectivity index (χ3v) is 3.51. The average Bonchev–Trinajstić information content (AvgIpc) is 2.97. The highest BCUT2D eigenvalue weighted by atomic mass is 16.5. The first-order valence-electron chi connectivity index (χ1n) is 7.59. The number of amides is 1. The van der Waals surface area contributed by atoms with Crippen LogP contribution in [0.4, 0.5) is 0 Å². The summed E-state index contributed by atoms with van der Waals surface area (Å²) >= 11 is 0. The van der Waals surface area contributed by atoms with Gasteiger partial charge in [-0.15, -0.1) is 0 Å². The minimum atomic E-state index is -0.295. The lowest BCUT2D eigenvalue weighted by molar-refractivity contribution is -0.119. The van der Waals surface area contributed by atoms with Crippen molar-refractivity contribution in [1.82, 2.24) is 10.3 Å². The highest BCUT2D eigenvalue weighted by molar-refractivity contribution is 5.75. The summed E-state index contributed by atoms with van der Waals surface area (Å²) in [5.74, 6) is 1.20. The summed E-state index contributed by atoms with van der Waals surface area (Å²) in [7, 11) is 0. The smallest absolute Gasteiger partial charge is 0.217 e. The zero-order valence-corrected chi connectivity index (χ0v) is 13.4. The van der Waals surface area contributed by atoms with E-state index in [4.69, 9.17) is 9.15 Å². The van der Waals surface area contributed by atoms with Gasteiger partial charge in [-0.2, -0.15) is 0 Å². The molecule has 2 aromatic carbocycles. The first-order valence-corrected chi connectivity index (χ1v) is 7.59. The molecule has 0 saturated heterocycles. The molecule has 1 amide bonds. The molecule has 1 aromatic heterocycles. The zero-order valence-electron chi connectivity index (χ0n) is 13.4. The predicted molar refractivity (Wildman–Crippen MR) is 88.7 cm³/mol. The van der Waals surface area contributed by atoms with Gasteiger partial charge in [0.15, 0.2) is 5.58 Å². The lowest BCUT2D eigenvalue weighted by atomic mass is 10.2. The fraction of sp³-hybridized carbons (Fsp3) is 0.222. The van der Waals surface area contributed by atoms with Gasteiger partial charge in [0.25, 0.3) is 0 Å². The third-order valence-electron chi connectivity index (χ3n) is 3.51. The van der Waals surface area contributed by atoms with E-state index < -0.39 is 0 Å². The number of hydrogen-bond donors (Lipinski definition) is 2. The molecular formula is C18H18N2O4. The molecule has 0 spiro atoms. The van der Waals surface area contributed by atoms with Crippen LogP contribution in [0.5, 0.6) is 11.5 Å². The zero-order chi connectivity index (χ0) is 17.1. The number of nitrogens with one attached hydrogen (secondary N) is 1. The van der Waals surface area contributed by atoms with Crippen LogP contribution in [0, 0.1) is 0 Å². The fourth-order valence-electron chi connectivity index (χ4n) is 2.32. The van der Waals surface area contributed by atoms with Crippen LogP contribution in [-0.4, -0.2) is 16.0 Å². The van der Waals surface area contributed by atoms with Gasteiger partial charge < -0.3 is 19.6 Å². The molecule has 1 heterocycles. The maximum Gasteiger partial charge on any atom is 0.217 e. The summed E-state index contributed by atoms with van der Waals surface area (Å²) in [6.45, 7) is 3.65. The molecule has 3 aromatic rings. The number of hydrogen-bond acceptors (Lipinski definition) is 5. The Balaban J connectivity index is 1.73. The van der Waals surface area contributed by atoms with Crippen LogP contribution in [0.3, 0.4) is 0 Å². The van der Waals surface area contributed by atoms with Gasteiger partial charge in [0.05, 0.1) is 0 Å². The van der Waals surface area contributed by atoms with Crippen LogP contribution in [0.15, 0.2) is 46.9 Å². The van der Waals surface area contributed by atoms with Gasteiger partial charge in [0.1, 0.15) is 29.7 Å². The van der Waals surface area contributed by atoms with Crippen LogP contribution in [0.2, 0.25) is 0 Å². The number of rotatable bonds is 5. The van der Waals surface area contributed by atoms with Crippen molar-refractivity contribution in [3.05, 3.63) is 53.9 Å². The summed E-state index contributed by atoms with van der Waals surface area (Å²) in [6, 6.07) is 11.9. The van der Waals surface area contributed by atoms with Crippen molar-refractivity contribution in [2.75, 3.05) is 0 Å². The van der Waals surface area contributed by atoms with E-state index in [1.165, 1.54) is 6.92 Å². The van der Waals surface area contributed by atoms with Crippen LogP contribution < -0.4 is 10.1 Å². The van der Waals surface area contributed by atoms with E-state index in [1.807, 2.05) is 19.1 Å². The molecule has 24 heavy (non-hydrogen) atoms. The predicted octanol–water partition coefficient (Wildman–Crippen LogP) is 3.31. The highest BCUT2D eigenvalue weighted by Crippen LogP contribution is 2.25. The van der Waals surface area contributed by atoms with Gasteiger partial charge in [0, 0.05) is 13.0 Å². The van der Waals surface area contributed by atoms with Gasteiger partial charge in [-0.05, 0) is 36.8 Å². The van der Waals surface area contributed by atoms with Crippen LogP contribution in [0.25, 0.3) is 11.1 Å². The molecule has 0 aliphatic rings. The fourth-order valence-corrected chi connectivity index (χ4v) is 2.32. The summed E-state index contributed by atoms with van der Waals surface area (Å²) in [6.07, 6.45) is 0. The Bertz CT molecular complexity index is 855. The number of aromatic hydroxyl groups is 1. The maximum absolute atomic E-state index is 11.1. The molecule has 124 valence electrons. The van der Waals surface area contributed by atoms with Crippen molar-refractivity contribution >= 4 is 17.0 Å². The molecule has 0 radical (unpaired) electrons. The van der Waals surface area contributed by atoms with Crippen molar-refractivity contribution < 1.29 is 19.1 Å². The summed E-state index contributed by atoms with van der Waals surface area (Å²) in [5.41, 5.74) is 2.26. The van der Waals surface area contributed by atoms with Gasteiger partial charge in [0.2, 0.25) is 11.8 Å².